The van der Waals surface area contributed by atoms with Crippen molar-refractivity contribution < 1.29 is 5.11 Å². The van der Waals surface area contributed by atoms with Crippen molar-refractivity contribution in [2.24, 2.45) is 0 Å². The minimum Gasteiger partial charge on any atom is -0.394 e. The summed E-state index contributed by atoms with van der Waals surface area (Å²) in [6.07, 6.45) is 0.0870. The number of nitrogens with two attached hydrogens (primary N) is 1. The second-order valence-corrected chi connectivity index (χ2v) is 6.12. The third-order valence-corrected chi connectivity index (χ3v) is 4.27. The van der Waals surface area contributed by atoms with E-state index in [1.54, 1.807) is 13.8 Å². The summed E-state index contributed by atoms with van der Waals surface area (Å²) in [5.74, 6) is 0. The Morgan fingerprint density at radius 3 is 2.50 bits per heavy atom. The van der Waals surface area contributed by atoms with Crippen molar-refractivity contribution in [1.29, 1.82) is 0 Å². The molecule has 1 aromatic rings. The smallest absolute Gasteiger partial charge is 0.290 e. The van der Waals surface area contributed by atoms with Crippen LogP contribution < -0.4 is 11.3 Å². The number of aliphatic hydroxyl groups is 1. The quantitative estimate of drug-likeness (QED) is 0.785. The van der Waals surface area contributed by atoms with E-state index in [1.807, 2.05) is 0 Å². The summed E-state index contributed by atoms with van der Waals surface area (Å²) in [6.45, 7) is 9.20. The number of nitrogens with zero attached hydrogens (tertiary/aromatic N) is 4. The van der Waals surface area contributed by atoms with Crippen LogP contribution in [0.1, 0.15) is 30.7 Å². The lowest BCUT2D eigenvalue weighted by molar-refractivity contribution is 0.150. The van der Waals surface area contributed by atoms with Crippen molar-refractivity contribution in [3.63, 3.8) is 0 Å². The Labute approximate surface area is 131 Å². The van der Waals surface area contributed by atoms with Crippen molar-refractivity contribution in [3.05, 3.63) is 21.6 Å². The summed E-state index contributed by atoms with van der Waals surface area (Å²) in [6, 6.07) is 0. The van der Waals surface area contributed by atoms with Crippen molar-refractivity contribution in [2.45, 2.75) is 32.9 Å². The highest BCUT2D eigenvalue weighted by Gasteiger charge is 2.17. The first-order valence-electron chi connectivity index (χ1n) is 7.86. The zero-order chi connectivity index (χ0) is 16.3. The molecule has 22 heavy (non-hydrogen) atoms. The highest BCUT2D eigenvalue weighted by atomic mass is 16.3. The molecule has 7 nitrogen and oxygen atoms in total. The fourth-order valence-electron chi connectivity index (χ4n) is 2.92. The SMILES string of the molecule is Cc1nn(CCCN2CCN(C)CC2)c(=O)c(N)c1C(C)O. The van der Waals surface area contributed by atoms with Gasteiger partial charge in [0.2, 0.25) is 0 Å². The van der Waals surface area contributed by atoms with Crippen molar-refractivity contribution in [2.75, 3.05) is 45.5 Å². The molecule has 3 N–H and O–H groups in total. The molecule has 1 atom stereocenters. The first-order valence-corrected chi connectivity index (χ1v) is 7.86. The Kier molecular flexibility index (Phi) is 5.55. The predicted octanol–water partition coefficient (Wildman–Crippen LogP) is -0.175. The van der Waals surface area contributed by atoms with Crippen LogP contribution in [0.25, 0.3) is 0 Å². The van der Waals surface area contributed by atoms with Crippen LogP contribution in [0.2, 0.25) is 0 Å². The van der Waals surface area contributed by atoms with Gasteiger partial charge in [-0.2, -0.15) is 5.10 Å². The van der Waals surface area contributed by atoms with Gasteiger partial charge < -0.3 is 20.6 Å². The van der Waals surface area contributed by atoms with E-state index in [4.69, 9.17) is 5.73 Å². The van der Waals surface area contributed by atoms with E-state index in [0.717, 1.165) is 39.1 Å². The average Bonchev–Trinajstić information content (AvgIpc) is 2.46. The number of aromatic nitrogens is 2. The Morgan fingerprint density at radius 2 is 1.91 bits per heavy atom. The highest BCUT2D eigenvalue weighted by molar-refractivity contribution is 5.47. The van der Waals surface area contributed by atoms with Crippen LogP contribution in [0.15, 0.2) is 4.79 Å². The lowest BCUT2D eigenvalue weighted by atomic mass is 10.1. The van der Waals surface area contributed by atoms with Crippen LogP contribution >= 0.6 is 0 Å². The van der Waals surface area contributed by atoms with Crippen LogP contribution in [0.3, 0.4) is 0 Å². The molecule has 1 aliphatic heterocycles. The normalized spacial score (nSPS) is 18.5. The fraction of sp³-hybridized carbons (Fsp3) is 0.733. The molecule has 2 heterocycles. The van der Waals surface area contributed by atoms with Crippen molar-refractivity contribution >= 4 is 5.69 Å². The van der Waals surface area contributed by atoms with E-state index in [0.29, 0.717) is 17.8 Å². The number of piperazine rings is 1. The molecule has 0 saturated carbocycles. The molecule has 1 fully saturated rings. The Bertz CT molecular complexity index is 562. The first kappa shape index (κ1) is 16.9. The molecule has 1 saturated heterocycles. The largest absolute Gasteiger partial charge is 0.394 e. The lowest BCUT2D eigenvalue weighted by Crippen LogP contribution is -2.45. The standard InChI is InChI=1S/C15H27N5O2/c1-11-13(12(2)21)14(16)15(22)20(17-11)6-4-5-19-9-7-18(3)8-10-19/h12,21H,4-10,16H2,1-3H3. The van der Waals surface area contributed by atoms with E-state index in [-0.39, 0.29) is 11.2 Å². The summed E-state index contributed by atoms with van der Waals surface area (Å²) in [5, 5.41) is 14.0. The maximum Gasteiger partial charge on any atom is 0.290 e. The van der Waals surface area contributed by atoms with Gasteiger partial charge in [-0.1, -0.05) is 0 Å². The van der Waals surface area contributed by atoms with Crippen LogP contribution in [0, 0.1) is 6.92 Å². The molecule has 0 aromatic carbocycles. The molecule has 0 radical (unpaired) electrons. The van der Waals surface area contributed by atoms with E-state index < -0.39 is 6.10 Å². The average molecular weight is 309 g/mol. The van der Waals surface area contributed by atoms with Gasteiger partial charge in [0.1, 0.15) is 5.69 Å². The maximum atomic E-state index is 12.2. The Morgan fingerprint density at radius 1 is 1.27 bits per heavy atom. The number of likely N-dealkylation sites (N-methyl/N-ethyl adjacent to an activating group) is 1. The van der Waals surface area contributed by atoms with Gasteiger partial charge >= 0.3 is 0 Å². The molecule has 1 aliphatic rings. The number of aliphatic hydroxyl groups excluding tert-OH is 1. The van der Waals surface area contributed by atoms with E-state index in [9.17, 15) is 9.90 Å². The molecule has 0 spiro atoms. The van der Waals surface area contributed by atoms with Gasteiger partial charge in [-0.3, -0.25) is 4.79 Å². The monoisotopic (exact) mass is 309 g/mol. The fourth-order valence-corrected chi connectivity index (χ4v) is 2.92. The minimum atomic E-state index is -0.778. The number of anilines is 1. The third-order valence-electron chi connectivity index (χ3n) is 4.27. The second-order valence-electron chi connectivity index (χ2n) is 6.12. The zero-order valence-electron chi connectivity index (χ0n) is 13.7. The van der Waals surface area contributed by atoms with Crippen LogP contribution in [0.4, 0.5) is 5.69 Å². The predicted molar refractivity (Wildman–Crippen MR) is 86.8 cm³/mol. The van der Waals surface area contributed by atoms with E-state index in [1.165, 1.54) is 4.68 Å². The summed E-state index contributed by atoms with van der Waals surface area (Å²) < 4.78 is 1.42. The number of hydrogen-bond donors (Lipinski definition) is 2. The van der Waals surface area contributed by atoms with Crippen molar-refractivity contribution in [1.82, 2.24) is 19.6 Å². The van der Waals surface area contributed by atoms with Gasteiger partial charge in [-0.25, -0.2) is 4.68 Å². The maximum absolute atomic E-state index is 12.2. The topological polar surface area (TPSA) is 87.6 Å². The Hall–Kier alpha value is -1.44. The summed E-state index contributed by atoms with van der Waals surface area (Å²) in [5.41, 5.74) is 6.74. The number of nitrogen functional groups attached to an aromatic ring is 1. The third kappa shape index (κ3) is 3.85. The summed E-state index contributed by atoms with van der Waals surface area (Å²) in [4.78, 5) is 16.9. The Balaban J connectivity index is 1.97. The molecule has 0 bridgehead atoms. The highest BCUT2D eigenvalue weighted by Crippen LogP contribution is 2.19. The van der Waals surface area contributed by atoms with Crippen LogP contribution in [-0.4, -0.2) is 64.5 Å². The lowest BCUT2D eigenvalue weighted by Gasteiger charge is -2.32. The number of hydrogen-bond acceptors (Lipinski definition) is 6. The summed E-state index contributed by atoms with van der Waals surface area (Å²) in [7, 11) is 2.13. The molecule has 1 aromatic heterocycles. The van der Waals surface area contributed by atoms with E-state index >= 15 is 0 Å². The number of aryl methyl sites for hydroxylation is 2. The van der Waals surface area contributed by atoms with Gasteiger partial charge in [0.15, 0.2) is 0 Å². The van der Waals surface area contributed by atoms with Gasteiger partial charge in [-0.05, 0) is 27.3 Å². The van der Waals surface area contributed by atoms with Gasteiger partial charge in [0.05, 0.1) is 11.8 Å². The molecular weight excluding hydrogens is 282 g/mol. The van der Waals surface area contributed by atoms with Crippen LogP contribution in [-0.2, 0) is 6.54 Å². The molecule has 0 amide bonds. The van der Waals surface area contributed by atoms with Crippen LogP contribution in [0.5, 0.6) is 0 Å². The molecule has 124 valence electrons. The summed E-state index contributed by atoms with van der Waals surface area (Å²) >= 11 is 0. The second kappa shape index (κ2) is 7.21. The van der Waals surface area contributed by atoms with Gasteiger partial charge in [0.25, 0.3) is 5.56 Å². The molecule has 0 aliphatic carbocycles. The van der Waals surface area contributed by atoms with E-state index in [2.05, 4.69) is 21.9 Å². The molecule has 1 unspecified atom stereocenters. The van der Waals surface area contributed by atoms with Gasteiger partial charge in [0, 0.05) is 44.8 Å². The minimum absolute atomic E-state index is 0.113. The van der Waals surface area contributed by atoms with Crippen molar-refractivity contribution in [3.8, 4) is 0 Å². The molecule has 7 heteroatoms. The first-order chi connectivity index (χ1) is 10.4. The zero-order valence-corrected chi connectivity index (χ0v) is 13.7. The number of rotatable bonds is 5. The van der Waals surface area contributed by atoms with Gasteiger partial charge in [-0.15, -0.1) is 0 Å². The molecule has 2 rings (SSSR count). The molecular formula is C15H27N5O2.